The molecule has 4 N–H and O–H groups in total. The van der Waals surface area contributed by atoms with E-state index < -0.39 is 64.4 Å². The number of ketones is 4. The van der Waals surface area contributed by atoms with Crippen molar-refractivity contribution in [2.45, 2.75) is 63.6 Å². The fraction of sp³-hybridized carbons (Fsp3) is 0.645. The molecule has 0 spiro atoms. The lowest BCUT2D eigenvalue weighted by molar-refractivity contribution is -0.181. The number of nitrogens with zero attached hydrogens (tertiary/aromatic N) is 2. The fourth-order valence-corrected chi connectivity index (χ4v) is 8.20. The van der Waals surface area contributed by atoms with Crippen LogP contribution in [0.3, 0.4) is 0 Å². The van der Waals surface area contributed by atoms with Gasteiger partial charge in [0.15, 0.2) is 34.7 Å². The minimum Gasteiger partial charge on any atom is -0.507 e. The van der Waals surface area contributed by atoms with Gasteiger partial charge in [0.25, 0.3) is 0 Å². The van der Waals surface area contributed by atoms with Gasteiger partial charge in [0.05, 0.1) is 24.6 Å². The molecule has 2 saturated carbocycles. The summed E-state index contributed by atoms with van der Waals surface area (Å²) < 4.78 is 5.93. The first-order chi connectivity index (χ1) is 19.7. The van der Waals surface area contributed by atoms with Crippen LogP contribution in [0.2, 0.25) is 0 Å². The Morgan fingerprint density at radius 1 is 1.19 bits per heavy atom. The van der Waals surface area contributed by atoms with Crippen LogP contribution in [0.5, 0.6) is 11.5 Å². The van der Waals surface area contributed by atoms with Crippen molar-refractivity contribution in [2.24, 2.45) is 35.3 Å². The number of phenols is 1. The molecule has 1 aromatic carbocycles. The molecule has 11 nitrogen and oxygen atoms in total. The van der Waals surface area contributed by atoms with Crippen molar-refractivity contribution in [3.05, 3.63) is 22.8 Å². The quantitative estimate of drug-likeness (QED) is 0.412. The topological polar surface area (TPSA) is 168 Å². The standard InChI is InChI=1S/C31H41N3O8/c1-14(2)13-34-9-7-6-8-19(34)16-12-20(35)22-17(27(16)42-5)10-15-11-18-24(33(3)4)26(37)23(30(32)40)29(39)31(18,41)28(38)21(15)25(22)36/h12,14-15,18-19,21,23-24,35,41H,6-11,13H2,1-5H3,(H2,32,40). The van der Waals surface area contributed by atoms with Crippen LogP contribution in [0.4, 0.5) is 0 Å². The number of nitrogens with two attached hydrogens (primary N) is 1. The number of primary amides is 1. The van der Waals surface area contributed by atoms with E-state index in [2.05, 4.69) is 18.7 Å². The van der Waals surface area contributed by atoms with Crippen LogP contribution in [0.25, 0.3) is 0 Å². The average molecular weight is 584 g/mol. The average Bonchev–Trinajstić information content (AvgIpc) is 2.90. The van der Waals surface area contributed by atoms with E-state index in [1.54, 1.807) is 20.2 Å². The molecule has 0 radical (unpaired) electrons. The summed E-state index contributed by atoms with van der Waals surface area (Å²) in [5.74, 6) is -9.63. The zero-order valence-corrected chi connectivity index (χ0v) is 24.9. The predicted octanol–water partition coefficient (Wildman–Crippen LogP) is 1.06. The summed E-state index contributed by atoms with van der Waals surface area (Å²) in [4.78, 5) is 70.8. The summed E-state index contributed by atoms with van der Waals surface area (Å²) in [6.07, 6.45) is 3.12. The molecule has 1 aromatic rings. The largest absolute Gasteiger partial charge is 0.507 e. The first kappa shape index (κ1) is 30.3. The molecular formula is C31H41N3O8. The van der Waals surface area contributed by atoms with Gasteiger partial charge < -0.3 is 20.7 Å². The normalized spacial score (nSPS) is 33.4. The molecule has 42 heavy (non-hydrogen) atoms. The van der Waals surface area contributed by atoms with Crippen LogP contribution in [-0.2, 0) is 25.6 Å². The van der Waals surface area contributed by atoms with E-state index >= 15 is 0 Å². The number of amides is 1. The lowest BCUT2D eigenvalue weighted by Gasteiger charge is -2.52. The molecule has 11 heteroatoms. The van der Waals surface area contributed by atoms with Gasteiger partial charge in [-0.25, -0.2) is 0 Å². The van der Waals surface area contributed by atoms with E-state index in [1.807, 2.05) is 0 Å². The third kappa shape index (κ3) is 4.39. The van der Waals surface area contributed by atoms with E-state index in [9.17, 15) is 34.2 Å². The number of rotatable bonds is 6. The molecule has 5 rings (SSSR count). The predicted molar refractivity (Wildman–Crippen MR) is 151 cm³/mol. The van der Waals surface area contributed by atoms with E-state index in [0.29, 0.717) is 17.2 Å². The van der Waals surface area contributed by atoms with E-state index in [4.69, 9.17) is 10.5 Å². The number of carbonyl (C=O) groups is 5. The molecule has 4 aliphatic rings. The second-order valence-electron chi connectivity index (χ2n) is 13.1. The Morgan fingerprint density at radius 3 is 2.48 bits per heavy atom. The van der Waals surface area contributed by atoms with Gasteiger partial charge in [0.2, 0.25) is 5.91 Å². The van der Waals surface area contributed by atoms with Gasteiger partial charge in [-0.2, -0.15) is 0 Å². The van der Waals surface area contributed by atoms with Crippen LogP contribution in [0, 0.1) is 29.6 Å². The van der Waals surface area contributed by atoms with Gasteiger partial charge in [-0.3, -0.25) is 33.8 Å². The first-order valence-electron chi connectivity index (χ1n) is 14.8. The number of piperidine rings is 1. The Kier molecular flexibility index (Phi) is 7.83. The molecule has 7 atom stereocenters. The molecule has 228 valence electrons. The minimum absolute atomic E-state index is 0.000935. The Morgan fingerprint density at radius 2 is 1.88 bits per heavy atom. The second-order valence-corrected chi connectivity index (χ2v) is 13.1. The highest BCUT2D eigenvalue weighted by Crippen LogP contribution is 2.53. The second kappa shape index (κ2) is 10.8. The lowest BCUT2D eigenvalue weighted by Crippen LogP contribution is -2.74. The summed E-state index contributed by atoms with van der Waals surface area (Å²) in [6.45, 7) is 6.08. The number of Topliss-reactive ketones (excluding diaryl/α,β-unsaturated/α-hetero) is 4. The van der Waals surface area contributed by atoms with Crippen LogP contribution >= 0.6 is 0 Å². The fourth-order valence-electron chi connectivity index (χ4n) is 8.20. The Bertz CT molecular complexity index is 1360. The summed E-state index contributed by atoms with van der Waals surface area (Å²) >= 11 is 0. The van der Waals surface area contributed by atoms with Gasteiger partial charge in [-0.05, 0) is 64.2 Å². The molecule has 0 aromatic heterocycles. The van der Waals surface area contributed by atoms with Crippen molar-refractivity contribution in [1.82, 2.24) is 9.80 Å². The van der Waals surface area contributed by atoms with Gasteiger partial charge in [0.1, 0.15) is 11.5 Å². The number of likely N-dealkylation sites (N-methyl/N-ethyl adjacent to an activating group) is 1. The zero-order chi connectivity index (χ0) is 30.8. The number of likely N-dealkylation sites (tertiary alicyclic amines) is 1. The maximum Gasteiger partial charge on any atom is 0.235 e. The molecular weight excluding hydrogens is 542 g/mol. The SMILES string of the molecule is COc1c(C2CCCCN2CC(C)C)cc(O)c2c1CC1CC3C(N(C)C)C(=O)C(C(N)=O)C(=O)C3(O)C(=O)C1C2=O. The van der Waals surface area contributed by atoms with Gasteiger partial charge in [-0.15, -0.1) is 0 Å². The van der Waals surface area contributed by atoms with Crippen LogP contribution in [0.15, 0.2) is 6.07 Å². The number of hydrogen-bond donors (Lipinski definition) is 3. The highest BCUT2D eigenvalue weighted by Gasteiger charge is 2.69. The number of methoxy groups -OCH3 is 1. The van der Waals surface area contributed by atoms with Crippen molar-refractivity contribution in [3.63, 3.8) is 0 Å². The number of benzene rings is 1. The number of ether oxygens (including phenoxy) is 1. The van der Waals surface area contributed by atoms with Crippen molar-refractivity contribution in [2.75, 3.05) is 34.3 Å². The van der Waals surface area contributed by atoms with Gasteiger partial charge in [-0.1, -0.05) is 20.3 Å². The Labute approximate surface area is 245 Å². The number of phenolic OH excluding ortho intramolecular Hbond substituents is 1. The first-order valence-corrected chi connectivity index (χ1v) is 14.8. The smallest absolute Gasteiger partial charge is 0.235 e. The molecule has 1 heterocycles. The van der Waals surface area contributed by atoms with Crippen molar-refractivity contribution < 1.29 is 38.9 Å². The molecule has 1 saturated heterocycles. The molecule has 1 aliphatic heterocycles. The number of hydrogen-bond acceptors (Lipinski definition) is 10. The monoisotopic (exact) mass is 583 g/mol. The molecule has 3 fully saturated rings. The van der Waals surface area contributed by atoms with E-state index in [-0.39, 0.29) is 30.2 Å². The molecule has 7 unspecified atom stereocenters. The third-order valence-electron chi connectivity index (χ3n) is 9.82. The summed E-state index contributed by atoms with van der Waals surface area (Å²) in [6, 6.07) is 0.398. The van der Waals surface area contributed by atoms with Crippen molar-refractivity contribution in [3.8, 4) is 11.5 Å². The summed E-state index contributed by atoms with van der Waals surface area (Å²) in [5.41, 5.74) is 3.88. The van der Waals surface area contributed by atoms with Crippen LogP contribution in [0.1, 0.15) is 67.1 Å². The molecule has 0 bridgehead atoms. The van der Waals surface area contributed by atoms with E-state index in [0.717, 1.165) is 37.9 Å². The maximum absolute atomic E-state index is 14.0. The lowest BCUT2D eigenvalue weighted by atomic mass is 9.52. The highest BCUT2D eigenvalue weighted by atomic mass is 16.5. The molecule has 1 amide bonds. The van der Waals surface area contributed by atoms with E-state index in [1.165, 1.54) is 12.0 Å². The van der Waals surface area contributed by atoms with Gasteiger partial charge >= 0.3 is 0 Å². The van der Waals surface area contributed by atoms with Crippen molar-refractivity contribution in [1.29, 1.82) is 0 Å². The van der Waals surface area contributed by atoms with Crippen molar-refractivity contribution >= 4 is 29.0 Å². The summed E-state index contributed by atoms with van der Waals surface area (Å²) in [7, 11) is 4.65. The van der Waals surface area contributed by atoms with Gasteiger partial charge in [0, 0.05) is 29.6 Å². The number of aliphatic hydroxyl groups is 1. The number of carbonyl (C=O) groups excluding carboxylic acids is 5. The Balaban J connectivity index is 1.62. The third-order valence-corrected chi connectivity index (χ3v) is 9.82. The summed E-state index contributed by atoms with van der Waals surface area (Å²) in [5, 5.41) is 23.0. The zero-order valence-electron chi connectivity index (χ0n) is 24.9. The number of fused-ring (bicyclic) bond motifs is 3. The molecule has 3 aliphatic carbocycles. The van der Waals surface area contributed by atoms with Crippen LogP contribution in [-0.4, -0.2) is 95.0 Å². The van der Waals surface area contributed by atoms with Crippen LogP contribution < -0.4 is 10.5 Å². The minimum atomic E-state index is -2.74. The number of aromatic hydroxyl groups is 1. The highest BCUT2D eigenvalue weighted by molar-refractivity contribution is 6.32. The Hall–Kier alpha value is -3.15. The maximum atomic E-state index is 14.0.